The van der Waals surface area contributed by atoms with Gasteiger partial charge in [0.1, 0.15) is 0 Å². The fourth-order valence-corrected chi connectivity index (χ4v) is 0.970. The summed E-state index contributed by atoms with van der Waals surface area (Å²) in [6.45, 7) is 1.13. The molecule has 0 aliphatic carbocycles. The monoisotopic (exact) mass is 173 g/mol. The SMILES string of the molecule is OCCCCCCCN=C=S. The number of aliphatic imine (C=N–C) groups is 1. The first kappa shape index (κ1) is 10.8. The zero-order valence-corrected chi connectivity index (χ0v) is 7.57. The normalized spacial score (nSPS) is 9.18. The lowest BCUT2D eigenvalue weighted by molar-refractivity contribution is 0.282. The average molecular weight is 173 g/mol. The average Bonchev–Trinajstić information content (AvgIpc) is 2.03. The van der Waals surface area contributed by atoms with E-state index in [1.807, 2.05) is 0 Å². The van der Waals surface area contributed by atoms with Gasteiger partial charge < -0.3 is 5.11 Å². The number of rotatable bonds is 7. The highest BCUT2D eigenvalue weighted by atomic mass is 32.1. The van der Waals surface area contributed by atoms with E-state index in [0.29, 0.717) is 6.61 Å². The lowest BCUT2D eigenvalue weighted by atomic mass is 10.1. The molecule has 0 spiro atoms. The third-order valence-electron chi connectivity index (χ3n) is 1.49. The molecule has 0 amide bonds. The van der Waals surface area contributed by atoms with E-state index < -0.39 is 0 Å². The van der Waals surface area contributed by atoms with E-state index in [1.165, 1.54) is 12.8 Å². The summed E-state index contributed by atoms with van der Waals surface area (Å²) in [7, 11) is 0. The van der Waals surface area contributed by atoms with Crippen molar-refractivity contribution >= 4 is 17.4 Å². The molecule has 0 aliphatic rings. The first-order valence-electron chi connectivity index (χ1n) is 4.06. The molecular formula is C8H15NOS. The van der Waals surface area contributed by atoms with Crippen LogP contribution in [0, 0.1) is 0 Å². The molecule has 0 aromatic heterocycles. The van der Waals surface area contributed by atoms with Crippen LogP contribution in [0.3, 0.4) is 0 Å². The van der Waals surface area contributed by atoms with Crippen molar-refractivity contribution in [2.45, 2.75) is 32.1 Å². The standard InChI is InChI=1S/C8H15NOS/c10-7-5-3-1-2-4-6-9-8-11/h10H,1-7H2. The molecule has 11 heavy (non-hydrogen) atoms. The molecule has 1 N–H and O–H groups in total. The Morgan fingerprint density at radius 1 is 1.09 bits per heavy atom. The van der Waals surface area contributed by atoms with E-state index in [4.69, 9.17) is 5.11 Å². The third kappa shape index (κ3) is 9.76. The minimum absolute atomic E-state index is 0.318. The van der Waals surface area contributed by atoms with Gasteiger partial charge in [0.05, 0.1) is 5.16 Å². The lowest BCUT2D eigenvalue weighted by Gasteiger charge is -1.95. The fourth-order valence-electron chi connectivity index (χ4n) is 0.879. The zero-order chi connectivity index (χ0) is 8.36. The second-order valence-corrected chi connectivity index (χ2v) is 2.65. The Bertz CT molecular complexity index is 121. The molecule has 0 aromatic carbocycles. The van der Waals surface area contributed by atoms with Gasteiger partial charge in [-0.25, -0.2) is 4.99 Å². The molecule has 0 bridgehead atoms. The van der Waals surface area contributed by atoms with Gasteiger partial charge in [0.2, 0.25) is 0 Å². The summed E-state index contributed by atoms with van der Waals surface area (Å²) in [6.07, 6.45) is 5.51. The first-order valence-corrected chi connectivity index (χ1v) is 4.47. The second kappa shape index (κ2) is 9.76. The van der Waals surface area contributed by atoms with Crippen molar-refractivity contribution in [3.63, 3.8) is 0 Å². The minimum atomic E-state index is 0.318. The summed E-state index contributed by atoms with van der Waals surface area (Å²) in [6, 6.07) is 0. The molecule has 0 aromatic rings. The third-order valence-corrected chi connectivity index (χ3v) is 1.62. The molecule has 0 unspecified atom stereocenters. The van der Waals surface area contributed by atoms with Gasteiger partial charge in [-0.2, -0.15) is 0 Å². The Kier molecular flexibility index (Phi) is 9.55. The van der Waals surface area contributed by atoms with E-state index in [2.05, 4.69) is 22.4 Å². The number of aliphatic hydroxyl groups excluding tert-OH is 1. The molecule has 0 atom stereocenters. The molecule has 0 aliphatic heterocycles. The van der Waals surface area contributed by atoms with E-state index in [1.54, 1.807) is 0 Å². The van der Waals surface area contributed by atoms with Crippen LogP contribution in [0.4, 0.5) is 0 Å². The minimum Gasteiger partial charge on any atom is -0.396 e. The predicted molar refractivity (Wildman–Crippen MR) is 50.1 cm³/mol. The molecule has 0 radical (unpaired) electrons. The first-order chi connectivity index (χ1) is 5.41. The summed E-state index contributed by atoms with van der Waals surface area (Å²) in [5.41, 5.74) is 0. The smallest absolute Gasteiger partial charge is 0.0584 e. The van der Waals surface area contributed by atoms with Crippen molar-refractivity contribution in [3.8, 4) is 0 Å². The Hall–Kier alpha value is -0.240. The molecule has 0 fully saturated rings. The maximum absolute atomic E-state index is 8.46. The summed E-state index contributed by atoms with van der Waals surface area (Å²) >= 11 is 4.42. The Morgan fingerprint density at radius 3 is 2.36 bits per heavy atom. The predicted octanol–water partition coefficient (Wildman–Crippen LogP) is 2.03. The van der Waals surface area contributed by atoms with Crippen molar-refractivity contribution in [3.05, 3.63) is 0 Å². The van der Waals surface area contributed by atoms with Gasteiger partial charge in [0.25, 0.3) is 0 Å². The number of hydrogen-bond donors (Lipinski definition) is 1. The highest BCUT2D eigenvalue weighted by molar-refractivity contribution is 7.78. The van der Waals surface area contributed by atoms with E-state index in [0.717, 1.165) is 25.8 Å². The Balaban J connectivity index is 2.84. The maximum atomic E-state index is 8.46. The van der Waals surface area contributed by atoms with Crippen LogP contribution in [0.2, 0.25) is 0 Å². The molecule has 2 nitrogen and oxygen atoms in total. The molecule has 0 saturated heterocycles. The van der Waals surface area contributed by atoms with Crippen LogP contribution in [0.1, 0.15) is 32.1 Å². The zero-order valence-electron chi connectivity index (χ0n) is 6.75. The highest BCUT2D eigenvalue weighted by Gasteiger charge is 1.87. The number of nitrogens with zero attached hydrogens (tertiary/aromatic N) is 1. The van der Waals surface area contributed by atoms with Gasteiger partial charge in [-0.3, -0.25) is 0 Å². The van der Waals surface area contributed by atoms with E-state index >= 15 is 0 Å². The quantitative estimate of drug-likeness (QED) is 0.363. The fraction of sp³-hybridized carbons (Fsp3) is 0.875. The van der Waals surface area contributed by atoms with Crippen LogP contribution in [0.15, 0.2) is 4.99 Å². The number of isothiocyanates is 1. The summed E-state index contributed by atoms with van der Waals surface area (Å²) in [4.78, 5) is 3.81. The largest absolute Gasteiger partial charge is 0.396 e. The van der Waals surface area contributed by atoms with Crippen LogP contribution in [0.25, 0.3) is 0 Å². The topological polar surface area (TPSA) is 32.6 Å². The molecule has 0 heterocycles. The molecule has 0 rings (SSSR count). The number of unbranched alkanes of at least 4 members (excludes halogenated alkanes) is 4. The molecule has 3 heteroatoms. The highest BCUT2D eigenvalue weighted by Crippen LogP contribution is 2.01. The van der Waals surface area contributed by atoms with Crippen LogP contribution in [-0.4, -0.2) is 23.4 Å². The summed E-state index contributed by atoms with van der Waals surface area (Å²) in [5.74, 6) is 0. The van der Waals surface area contributed by atoms with Crippen molar-refractivity contribution in [1.29, 1.82) is 0 Å². The van der Waals surface area contributed by atoms with Crippen molar-refractivity contribution in [1.82, 2.24) is 0 Å². The Labute approximate surface area is 73.3 Å². The van der Waals surface area contributed by atoms with Crippen molar-refractivity contribution < 1.29 is 5.11 Å². The van der Waals surface area contributed by atoms with E-state index in [9.17, 15) is 0 Å². The summed E-state index contributed by atoms with van der Waals surface area (Å²) in [5, 5.41) is 10.8. The molecule has 64 valence electrons. The number of aliphatic hydroxyl groups is 1. The van der Waals surface area contributed by atoms with Crippen LogP contribution < -0.4 is 0 Å². The second-order valence-electron chi connectivity index (χ2n) is 2.46. The molecule has 0 saturated carbocycles. The number of thiocarbonyl (C=S) groups is 1. The number of hydrogen-bond acceptors (Lipinski definition) is 3. The van der Waals surface area contributed by atoms with E-state index in [-0.39, 0.29) is 0 Å². The van der Waals surface area contributed by atoms with Crippen molar-refractivity contribution in [2.75, 3.05) is 13.2 Å². The molecular weight excluding hydrogens is 158 g/mol. The van der Waals surface area contributed by atoms with Gasteiger partial charge in [-0.15, -0.1) is 0 Å². The van der Waals surface area contributed by atoms with Crippen LogP contribution in [-0.2, 0) is 0 Å². The van der Waals surface area contributed by atoms with Gasteiger partial charge in [-0.1, -0.05) is 19.3 Å². The van der Waals surface area contributed by atoms with Gasteiger partial charge in [-0.05, 0) is 25.1 Å². The van der Waals surface area contributed by atoms with Gasteiger partial charge in [0, 0.05) is 13.2 Å². The van der Waals surface area contributed by atoms with Crippen LogP contribution >= 0.6 is 12.2 Å². The maximum Gasteiger partial charge on any atom is 0.0584 e. The van der Waals surface area contributed by atoms with Gasteiger partial charge >= 0.3 is 0 Å². The lowest BCUT2D eigenvalue weighted by Crippen LogP contribution is -1.85. The van der Waals surface area contributed by atoms with Crippen molar-refractivity contribution in [2.24, 2.45) is 4.99 Å². The summed E-state index contributed by atoms with van der Waals surface area (Å²) < 4.78 is 0. The van der Waals surface area contributed by atoms with Crippen LogP contribution in [0.5, 0.6) is 0 Å². The van der Waals surface area contributed by atoms with Gasteiger partial charge in [0.15, 0.2) is 0 Å². The Morgan fingerprint density at radius 2 is 1.73 bits per heavy atom.